The van der Waals surface area contributed by atoms with E-state index in [2.05, 4.69) is 4.74 Å². The highest BCUT2D eigenvalue weighted by molar-refractivity contribution is 5.50. The number of methoxy groups -OCH3 is 1. The quantitative estimate of drug-likeness (QED) is 0.730. The molecule has 0 saturated heterocycles. The maximum absolute atomic E-state index is 12.6. The molecule has 0 atom stereocenters. The van der Waals surface area contributed by atoms with Gasteiger partial charge in [-0.2, -0.15) is 31.6 Å². The van der Waals surface area contributed by atoms with Crippen molar-refractivity contribution in [1.29, 1.82) is 5.26 Å². The smallest absolute Gasteiger partial charge is 0.418 e. The van der Waals surface area contributed by atoms with E-state index in [0.29, 0.717) is 6.07 Å². The van der Waals surface area contributed by atoms with Crippen molar-refractivity contribution in [1.82, 2.24) is 0 Å². The first kappa shape index (κ1) is 14.2. The average Bonchev–Trinajstić information content (AvgIpc) is 2.24. The largest absolute Gasteiger partial charge is 0.497 e. The molecule has 8 heteroatoms. The molecule has 0 radical (unpaired) electrons. The summed E-state index contributed by atoms with van der Waals surface area (Å²) in [6.45, 7) is 0. The second-order valence-electron chi connectivity index (χ2n) is 3.20. The summed E-state index contributed by atoms with van der Waals surface area (Å²) in [6, 6.07) is 1.91. The molecule has 0 aliphatic carbocycles. The van der Waals surface area contributed by atoms with Crippen LogP contribution in [0.5, 0.6) is 5.75 Å². The van der Waals surface area contributed by atoms with E-state index in [0.717, 1.165) is 13.2 Å². The number of halogens is 6. The van der Waals surface area contributed by atoms with Crippen LogP contribution in [0.4, 0.5) is 26.3 Å². The second-order valence-corrected chi connectivity index (χ2v) is 3.20. The van der Waals surface area contributed by atoms with E-state index in [4.69, 9.17) is 5.26 Å². The van der Waals surface area contributed by atoms with E-state index in [-0.39, 0.29) is 6.07 Å². The lowest BCUT2D eigenvalue weighted by molar-refractivity contribution is -0.162. The van der Waals surface area contributed by atoms with Gasteiger partial charge < -0.3 is 4.74 Å². The first-order valence-corrected chi connectivity index (χ1v) is 4.37. The molecule has 0 fully saturated rings. The lowest BCUT2D eigenvalue weighted by Gasteiger charge is -2.17. The summed E-state index contributed by atoms with van der Waals surface area (Å²) >= 11 is 0. The lowest BCUT2D eigenvalue weighted by atomic mass is 10.00. The fourth-order valence-electron chi connectivity index (χ4n) is 1.35. The van der Waals surface area contributed by atoms with Crippen LogP contribution in [-0.2, 0) is 12.4 Å². The van der Waals surface area contributed by atoms with Crippen LogP contribution in [0.2, 0.25) is 0 Å². The first-order chi connectivity index (χ1) is 8.11. The van der Waals surface area contributed by atoms with Crippen LogP contribution in [0, 0.1) is 11.3 Å². The van der Waals surface area contributed by atoms with Gasteiger partial charge in [0.2, 0.25) is 0 Å². The number of benzene rings is 1. The van der Waals surface area contributed by atoms with Crippen molar-refractivity contribution in [2.75, 3.05) is 7.11 Å². The minimum absolute atomic E-state index is 0.212. The zero-order valence-electron chi connectivity index (χ0n) is 8.78. The molecule has 0 amide bonds. The highest BCUT2D eigenvalue weighted by Gasteiger charge is 2.45. The van der Waals surface area contributed by atoms with Crippen LogP contribution in [-0.4, -0.2) is 7.11 Å². The van der Waals surface area contributed by atoms with Crippen molar-refractivity contribution < 1.29 is 31.1 Å². The van der Waals surface area contributed by atoms with Gasteiger partial charge >= 0.3 is 12.4 Å². The van der Waals surface area contributed by atoms with Crippen molar-refractivity contribution in [3.63, 3.8) is 0 Å². The number of hydrogen-bond acceptors (Lipinski definition) is 2. The normalized spacial score (nSPS) is 12.1. The molecule has 0 unspecified atom stereocenters. The number of nitriles is 1. The van der Waals surface area contributed by atoms with Gasteiger partial charge in [0.15, 0.2) is 0 Å². The molecule has 0 heterocycles. The molecule has 0 saturated carbocycles. The molecule has 18 heavy (non-hydrogen) atoms. The van der Waals surface area contributed by atoms with Crippen LogP contribution < -0.4 is 4.74 Å². The van der Waals surface area contributed by atoms with Gasteiger partial charge in [0, 0.05) is 0 Å². The Morgan fingerprint density at radius 2 is 1.61 bits per heavy atom. The van der Waals surface area contributed by atoms with Crippen LogP contribution in [0.15, 0.2) is 12.1 Å². The topological polar surface area (TPSA) is 33.0 Å². The SMILES string of the molecule is COc1cc(C#N)c(C(F)(F)F)c(C(F)(F)F)c1. The summed E-state index contributed by atoms with van der Waals surface area (Å²) in [5.74, 6) is -0.466. The molecule has 1 aromatic carbocycles. The van der Waals surface area contributed by atoms with Crippen molar-refractivity contribution in [2.45, 2.75) is 12.4 Å². The summed E-state index contributed by atoms with van der Waals surface area (Å²) in [5, 5.41) is 8.52. The van der Waals surface area contributed by atoms with Crippen LogP contribution in [0.25, 0.3) is 0 Å². The van der Waals surface area contributed by atoms with Crippen molar-refractivity contribution in [2.24, 2.45) is 0 Å². The maximum atomic E-state index is 12.6. The molecule has 0 aliphatic rings. The fourth-order valence-corrected chi connectivity index (χ4v) is 1.35. The van der Waals surface area contributed by atoms with Crippen LogP contribution >= 0.6 is 0 Å². The average molecular weight is 269 g/mol. The molecule has 0 spiro atoms. The van der Waals surface area contributed by atoms with Gasteiger partial charge in [-0.25, -0.2) is 0 Å². The summed E-state index contributed by atoms with van der Waals surface area (Å²) in [6.07, 6.45) is -10.5. The van der Waals surface area contributed by atoms with Gasteiger partial charge in [-0.15, -0.1) is 0 Å². The zero-order chi connectivity index (χ0) is 14.1. The van der Waals surface area contributed by atoms with Gasteiger partial charge in [-0.1, -0.05) is 0 Å². The van der Waals surface area contributed by atoms with E-state index in [1.165, 1.54) is 0 Å². The van der Waals surface area contributed by atoms with E-state index < -0.39 is 34.8 Å². The molecule has 0 aliphatic heterocycles. The van der Waals surface area contributed by atoms with Gasteiger partial charge in [-0.05, 0) is 12.1 Å². The Hall–Kier alpha value is -1.91. The zero-order valence-corrected chi connectivity index (χ0v) is 8.78. The van der Waals surface area contributed by atoms with E-state index in [1.54, 1.807) is 0 Å². The summed E-state index contributed by atoms with van der Waals surface area (Å²) in [4.78, 5) is 0. The van der Waals surface area contributed by atoms with Crippen molar-refractivity contribution >= 4 is 0 Å². The number of ether oxygens (including phenoxy) is 1. The van der Waals surface area contributed by atoms with Crippen LogP contribution in [0.3, 0.4) is 0 Å². The molecule has 2 nitrogen and oxygen atoms in total. The predicted octanol–water partition coefficient (Wildman–Crippen LogP) is 3.60. The minimum Gasteiger partial charge on any atom is -0.497 e. The predicted molar refractivity (Wildman–Crippen MR) is 47.7 cm³/mol. The third-order valence-corrected chi connectivity index (χ3v) is 2.06. The minimum atomic E-state index is -5.28. The Labute approximate surface area is 97.4 Å². The standard InChI is InChI=1S/C10H5F6NO/c1-18-6-2-5(4-17)8(10(14,15)16)7(3-6)9(11,12)13/h2-3H,1H3. The fraction of sp³-hybridized carbons (Fsp3) is 0.300. The Morgan fingerprint density at radius 1 is 1.06 bits per heavy atom. The number of alkyl halides is 6. The third-order valence-electron chi connectivity index (χ3n) is 2.06. The molecule has 1 rings (SSSR count). The van der Waals surface area contributed by atoms with Gasteiger partial charge in [0.25, 0.3) is 0 Å². The van der Waals surface area contributed by atoms with Gasteiger partial charge in [0.05, 0.1) is 29.9 Å². The number of hydrogen-bond donors (Lipinski definition) is 0. The molecule has 0 N–H and O–H groups in total. The first-order valence-electron chi connectivity index (χ1n) is 4.37. The Balaban J connectivity index is 3.71. The van der Waals surface area contributed by atoms with E-state index >= 15 is 0 Å². The van der Waals surface area contributed by atoms with Crippen LogP contribution in [0.1, 0.15) is 16.7 Å². The van der Waals surface area contributed by atoms with Crippen molar-refractivity contribution in [3.8, 4) is 11.8 Å². The van der Waals surface area contributed by atoms with Gasteiger partial charge in [0.1, 0.15) is 5.75 Å². The van der Waals surface area contributed by atoms with E-state index in [1.807, 2.05) is 0 Å². The van der Waals surface area contributed by atoms with E-state index in [9.17, 15) is 26.3 Å². The molecular weight excluding hydrogens is 264 g/mol. The maximum Gasteiger partial charge on any atom is 0.418 e. The summed E-state index contributed by atoms with van der Waals surface area (Å²) in [7, 11) is 0.990. The number of nitrogens with zero attached hydrogens (tertiary/aromatic N) is 1. The lowest BCUT2D eigenvalue weighted by Crippen LogP contribution is -2.18. The molecule has 1 aromatic rings. The highest BCUT2D eigenvalue weighted by Crippen LogP contribution is 2.43. The molecule has 0 bridgehead atoms. The van der Waals surface area contributed by atoms with Gasteiger partial charge in [-0.3, -0.25) is 0 Å². The Kier molecular flexibility index (Phi) is 3.46. The molecule has 98 valence electrons. The molecular formula is C10H5F6NO. The summed E-state index contributed by atoms with van der Waals surface area (Å²) < 4.78 is 79.8. The summed E-state index contributed by atoms with van der Waals surface area (Å²) in [5.41, 5.74) is -5.07. The van der Waals surface area contributed by atoms with Crippen molar-refractivity contribution in [3.05, 3.63) is 28.8 Å². The highest BCUT2D eigenvalue weighted by atomic mass is 19.4. The monoisotopic (exact) mass is 269 g/mol. The Bertz CT molecular complexity index is 497. The number of rotatable bonds is 1. The second kappa shape index (κ2) is 4.40. The third kappa shape index (κ3) is 2.67. The molecule has 0 aromatic heterocycles. The Morgan fingerprint density at radius 3 is 1.94 bits per heavy atom.